The molecular formula is C45H86O6. The van der Waals surface area contributed by atoms with Crippen LogP contribution >= 0.6 is 0 Å². The van der Waals surface area contributed by atoms with E-state index in [1.54, 1.807) is 0 Å². The topological polar surface area (TPSA) is 78.9 Å². The molecule has 0 aromatic carbocycles. The Hall–Kier alpha value is -1.59. The Kier molecular flexibility index (Phi) is 37.0. The van der Waals surface area contributed by atoms with Crippen LogP contribution in [0, 0.1) is 11.8 Å². The van der Waals surface area contributed by atoms with E-state index in [1.165, 1.54) is 128 Å². The smallest absolute Gasteiger partial charge is 0.306 e. The number of carbonyl (C=O) groups is 3. The van der Waals surface area contributed by atoms with Gasteiger partial charge in [0.25, 0.3) is 0 Å². The van der Waals surface area contributed by atoms with Crippen molar-refractivity contribution in [1.82, 2.24) is 0 Å². The Morgan fingerprint density at radius 2 is 0.647 bits per heavy atom. The lowest BCUT2D eigenvalue weighted by molar-refractivity contribution is -0.167. The first-order valence-electron chi connectivity index (χ1n) is 22.2. The molecule has 1 atom stereocenters. The molecule has 0 bridgehead atoms. The minimum Gasteiger partial charge on any atom is -0.462 e. The molecule has 0 aromatic rings. The molecule has 0 fully saturated rings. The first-order valence-corrected chi connectivity index (χ1v) is 22.2. The number of esters is 3. The third-order valence-corrected chi connectivity index (χ3v) is 9.97. The zero-order valence-corrected chi connectivity index (χ0v) is 34.7. The Morgan fingerprint density at radius 1 is 0.373 bits per heavy atom. The standard InChI is InChI=1S/C45H86O6/c1-6-7-8-9-10-11-14-20-25-30-35-43(46)49-38-42(39-50-44(47)36-31-26-21-17-16-19-24-29-34-41(4)5)51-45(48)37-32-27-22-15-12-13-18-23-28-33-40(2)3/h40-42H,6-39H2,1-5H3/t42-/m1/s1. The Balaban J connectivity index is 4.35. The molecule has 0 aliphatic rings. The van der Waals surface area contributed by atoms with Gasteiger partial charge in [-0.25, -0.2) is 0 Å². The van der Waals surface area contributed by atoms with E-state index < -0.39 is 6.10 Å². The SMILES string of the molecule is CCCCCCCCCCCCC(=O)OC[C@H](COC(=O)CCCCCCCCCCC(C)C)OC(=O)CCCCCCCCCCCC(C)C. The number of carbonyl (C=O) groups excluding carboxylic acids is 3. The van der Waals surface area contributed by atoms with Gasteiger partial charge in [-0.05, 0) is 31.1 Å². The highest BCUT2D eigenvalue weighted by Gasteiger charge is 2.19. The van der Waals surface area contributed by atoms with E-state index in [1.807, 2.05) is 0 Å². The van der Waals surface area contributed by atoms with Gasteiger partial charge in [0.1, 0.15) is 13.2 Å². The second-order valence-corrected chi connectivity index (χ2v) is 16.3. The van der Waals surface area contributed by atoms with E-state index in [0.29, 0.717) is 19.3 Å². The second-order valence-electron chi connectivity index (χ2n) is 16.3. The molecule has 0 N–H and O–H groups in total. The molecule has 0 saturated carbocycles. The maximum Gasteiger partial charge on any atom is 0.306 e. The maximum absolute atomic E-state index is 12.7. The van der Waals surface area contributed by atoms with Gasteiger partial charge in [-0.1, -0.05) is 202 Å². The summed E-state index contributed by atoms with van der Waals surface area (Å²) in [5, 5.41) is 0. The number of unbranched alkanes of at least 4 members (excludes halogenated alkanes) is 24. The fourth-order valence-corrected chi connectivity index (χ4v) is 6.58. The van der Waals surface area contributed by atoms with Crippen molar-refractivity contribution in [2.24, 2.45) is 11.8 Å². The van der Waals surface area contributed by atoms with Gasteiger partial charge in [-0.15, -0.1) is 0 Å². The lowest BCUT2D eigenvalue weighted by Crippen LogP contribution is -2.30. The lowest BCUT2D eigenvalue weighted by atomic mass is 10.0. The van der Waals surface area contributed by atoms with Gasteiger partial charge < -0.3 is 14.2 Å². The van der Waals surface area contributed by atoms with Gasteiger partial charge in [0, 0.05) is 19.3 Å². The molecule has 0 aliphatic heterocycles. The zero-order valence-electron chi connectivity index (χ0n) is 34.7. The number of hydrogen-bond donors (Lipinski definition) is 0. The van der Waals surface area contributed by atoms with Crippen molar-refractivity contribution in [3.8, 4) is 0 Å². The van der Waals surface area contributed by atoms with Crippen LogP contribution in [-0.4, -0.2) is 37.2 Å². The summed E-state index contributed by atoms with van der Waals surface area (Å²) in [6.45, 7) is 11.3. The van der Waals surface area contributed by atoms with Gasteiger partial charge in [0.2, 0.25) is 0 Å². The number of ether oxygens (including phenoxy) is 3. The predicted molar refractivity (Wildman–Crippen MR) is 215 cm³/mol. The molecule has 0 radical (unpaired) electrons. The average molecular weight is 723 g/mol. The van der Waals surface area contributed by atoms with E-state index >= 15 is 0 Å². The number of rotatable bonds is 39. The van der Waals surface area contributed by atoms with Crippen LogP contribution in [0.5, 0.6) is 0 Å². The van der Waals surface area contributed by atoms with Crippen LogP contribution in [0.3, 0.4) is 0 Å². The molecule has 0 rings (SSSR count). The van der Waals surface area contributed by atoms with Crippen LogP contribution in [0.1, 0.15) is 240 Å². The molecule has 0 amide bonds. The summed E-state index contributed by atoms with van der Waals surface area (Å²) in [6.07, 6.45) is 35.2. The van der Waals surface area contributed by atoms with Crippen molar-refractivity contribution >= 4 is 17.9 Å². The van der Waals surface area contributed by atoms with E-state index in [0.717, 1.165) is 69.6 Å². The highest BCUT2D eigenvalue weighted by molar-refractivity contribution is 5.71. The van der Waals surface area contributed by atoms with Crippen molar-refractivity contribution in [2.75, 3.05) is 13.2 Å². The van der Waals surface area contributed by atoms with Crippen LogP contribution in [0.15, 0.2) is 0 Å². The van der Waals surface area contributed by atoms with Gasteiger partial charge >= 0.3 is 17.9 Å². The Labute approximate surface area is 317 Å². The van der Waals surface area contributed by atoms with Crippen molar-refractivity contribution in [3.05, 3.63) is 0 Å². The summed E-state index contributed by atoms with van der Waals surface area (Å²) in [5.41, 5.74) is 0. The zero-order chi connectivity index (χ0) is 37.6. The van der Waals surface area contributed by atoms with Crippen LogP contribution in [-0.2, 0) is 28.6 Å². The van der Waals surface area contributed by atoms with Crippen molar-refractivity contribution in [2.45, 2.75) is 246 Å². The minimum absolute atomic E-state index is 0.0655. The van der Waals surface area contributed by atoms with Crippen molar-refractivity contribution < 1.29 is 28.6 Å². The first-order chi connectivity index (χ1) is 24.7. The van der Waals surface area contributed by atoms with E-state index in [-0.39, 0.29) is 31.1 Å². The molecule has 0 aliphatic carbocycles. The molecule has 302 valence electrons. The summed E-state index contributed by atoms with van der Waals surface area (Å²) < 4.78 is 16.7. The molecule has 0 aromatic heterocycles. The molecule has 0 unspecified atom stereocenters. The monoisotopic (exact) mass is 723 g/mol. The molecular weight excluding hydrogens is 636 g/mol. The van der Waals surface area contributed by atoms with Crippen molar-refractivity contribution in [3.63, 3.8) is 0 Å². The molecule has 0 spiro atoms. The second kappa shape index (κ2) is 38.1. The van der Waals surface area contributed by atoms with Gasteiger partial charge in [-0.3, -0.25) is 14.4 Å². The van der Waals surface area contributed by atoms with E-state index in [9.17, 15) is 14.4 Å². The molecule has 0 saturated heterocycles. The molecule has 6 nitrogen and oxygen atoms in total. The maximum atomic E-state index is 12.7. The summed E-state index contributed by atoms with van der Waals surface area (Å²) in [5.74, 6) is 0.740. The van der Waals surface area contributed by atoms with Crippen LogP contribution in [0.25, 0.3) is 0 Å². The highest BCUT2D eigenvalue weighted by Crippen LogP contribution is 2.16. The third kappa shape index (κ3) is 39.5. The van der Waals surface area contributed by atoms with Gasteiger partial charge in [-0.2, -0.15) is 0 Å². The average Bonchev–Trinajstić information content (AvgIpc) is 3.09. The largest absolute Gasteiger partial charge is 0.462 e. The fourth-order valence-electron chi connectivity index (χ4n) is 6.58. The predicted octanol–water partition coefficient (Wildman–Crippen LogP) is 13.8. The van der Waals surface area contributed by atoms with Gasteiger partial charge in [0.15, 0.2) is 6.10 Å². The summed E-state index contributed by atoms with van der Waals surface area (Å²) in [7, 11) is 0. The molecule has 51 heavy (non-hydrogen) atoms. The quantitative estimate of drug-likeness (QED) is 0.0357. The number of hydrogen-bond acceptors (Lipinski definition) is 6. The lowest BCUT2D eigenvalue weighted by Gasteiger charge is -2.18. The molecule has 0 heterocycles. The minimum atomic E-state index is -0.760. The summed E-state index contributed by atoms with van der Waals surface area (Å²) >= 11 is 0. The molecule has 6 heteroatoms. The van der Waals surface area contributed by atoms with Crippen LogP contribution in [0.2, 0.25) is 0 Å². The van der Waals surface area contributed by atoms with Gasteiger partial charge in [0.05, 0.1) is 0 Å². The van der Waals surface area contributed by atoms with E-state index in [2.05, 4.69) is 34.6 Å². The van der Waals surface area contributed by atoms with Crippen LogP contribution < -0.4 is 0 Å². The Bertz CT molecular complexity index is 779. The highest BCUT2D eigenvalue weighted by atomic mass is 16.6. The summed E-state index contributed by atoms with van der Waals surface area (Å²) in [6, 6.07) is 0. The first kappa shape index (κ1) is 49.4. The third-order valence-electron chi connectivity index (χ3n) is 9.97. The fraction of sp³-hybridized carbons (Fsp3) is 0.933. The van der Waals surface area contributed by atoms with Crippen molar-refractivity contribution in [1.29, 1.82) is 0 Å². The Morgan fingerprint density at radius 3 is 0.961 bits per heavy atom. The van der Waals surface area contributed by atoms with E-state index in [4.69, 9.17) is 14.2 Å². The normalized spacial score (nSPS) is 12.1. The summed E-state index contributed by atoms with van der Waals surface area (Å²) in [4.78, 5) is 37.6. The van der Waals surface area contributed by atoms with Crippen LogP contribution in [0.4, 0.5) is 0 Å².